The number of aromatic amines is 2. The van der Waals surface area contributed by atoms with Crippen LogP contribution in [0.5, 0.6) is 5.75 Å². The van der Waals surface area contributed by atoms with E-state index in [0.29, 0.717) is 24.5 Å². The fraction of sp³-hybridized carbons (Fsp3) is 0.320. The number of fused-ring (bicyclic) bond motifs is 1. The lowest BCUT2D eigenvalue weighted by Gasteiger charge is -2.23. The van der Waals surface area contributed by atoms with E-state index < -0.39 is 5.82 Å². The van der Waals surface area contributed by atoms with E-state index in [0.717, 1.165) is 59.2 Å². The third-order valence-electron chi connectivity index (χ3n) is 6.39. The van der Waals surface area contributed by atoms with E-state index in [4.69, 9.17) is 0 Å². The second-order valence-electron chi connectivity index (χ2n) is 8.74. The molecule has 0 saturated carbocycles. The van der Waals surface area contributed by atoms with E-state index in [1.165, 1.54) is 12.1 Å². The van der Waals surface area contributed by atoms with E-state index in [1.807, 2.05) is 30.0 Å². The molecule has 9 heteroatoms. The van der Waals surface area contributed by atoms with E-state index >= 15 is 0 Å². The summed E-state index contributed by atoms with van der Waals surface area (Å²) in [6.45, 7) is 4.03. The number of imidazole rings is 1. The highest BCUT2D eigenvalue weighted by molar-refractivity contribution is 5.94. The Hall–Kier alpha value is -3.88. The summed E-state index contributed by atoms with van der Waals surface area (Å²) in [6, 6.07) is 8.64. The van der Waals surface area contributed by atoms with Crippen LogP contribution in [-0.2, 0) is 13.0 Å². The first-order valence-electron chi connectivity index (χ1n) is 11.5. The van der Waals surface area contributed by atoms with Crippen LogP contribution in [0.3, 0.4) is 0 Å². The predicted molar refractivity (Wildman–Crippen MR) is 128 cm³/mol. The molecule has 3 heterocycles. The molecule has 0 bridgehead atoms. The molecule has 1 aliphatic heterocycles. The Balaban J connectivity index is 1.39. The molecule has 0 unspecified atom stereocenters. The lowest BCUT2D eigenvalue weighted by Crippen LogP contribution is -2.39. The fourth-order valence-corrected chi connectivity index (χ4v) is 4.57. The standard InChI is InChI=1S/C25H27FN6O2/c1-3-15-11-22(33)20(26)12-19(15)16-6-7-18-21(10-16)29-30-23(18)24-27-13-17(28-24)14-31(2)25(34)32-8-4-5-9-32/h6-7,10-13,33H,3-5,8-9,14H2,1-2H3,(H,27,28)(H,29,30). The van der Waals surface area contributed by atoms with Gasteiger partial charge < -0.3 is 19.9 Å². The summed E-state index contributed by atoms with van der Waals surface area (Å²) in [5.74, 6) is -0.373. The number of phenolic OH excluding ortho intramolecular Hbond substituents is 1. The molecule has 1 fully saturated rings. The summed E-state index contributed by atoms with van der Waals surface area (Å²) in [7, 11) is 1.79. The van der Waals surface area contributed by atoms with Gasteiger partial charge in [-0.25, -0.2) is 14.2 Å². The van der Waals surface area contributed by atoms with E-state index in [1.54, 1.807) is 18.1 Å². The largest absolute Gasteiger partial charge is 0.505 e. The topological polar surface area (TPSA) is 101 Å². The number of nitrogens with zero attached hydrogens (tertiary/aromatic N) is 4. The average Bonchev–Trinajstić information content (AvgIpc) is 3.60. The van der Waals surface area contributed by atoms with Gasteiger partial charge in [-0.3, -0.25) is 5.10 Å². The number of likely N-dealkylation sites (tertiary alicyclic amines) is 1. The fourth-order valence-electron chi connectivity index (χ4n) is 4.57. The average molecular weight is 463 g/mol. The van der Waals surface area contributed by atoms with Crippen LogP contribution in [0.25, 0.3) is 33.5 Å². The maximum atomic E-state index is 14.0. The number of carbonyl (C=O) groups is 1. The SMILES string of the molecule is CCc1cc(O)c(F)cc1-c1ccc2c(-c3ncc(CN(C)C(=O)N4CCCC4)[nH]3)n[nH]c2c1. The molecule has 5 rings (SSSR count). The van der Waals surface area contributed by atoms with E-state index in [-0.39, 0.29) is 11.8 Å². The van der Waals surface area contributed by atoms with Crippen LogP contribution < -0.4 is 0 Å². The van der Waals surface area contributed by atoms with Crippen LogP contribution in [0.1, 0.15) is 31.0 Å². The van der Waals surface area contributed by atoms with Crippen molar-refractivity contribution in [1.82, 2.24) is 30.0 Å². The summed E-state index contributed by atoms with van der Waals surface area (Å²) >= 11 is 0. The Morgan fingerprint density at radius 1 is 1.24 bits per heavy atom. The molecule has 1 aliphatic rings. The monoisotopic (exact) mass is 462 g/mol. The third kappa shape index (κ3) is 3.98. The predicted octanol–water partition coefficient (Wildman–Crippen LogP) is 4.67. The number of benzene rings is 2. The molecule has 176 valence electrons. The van der Waals surface area contributed by atoms with Crippen molar-refractivity contribution in [3.05, 3.63) is 53.6 Å². The molecule has 8 nitrogen and oxygen atoms in total. The van der Waals surface area contributed by atoms with Crippen LogP contribution in [0.2, 0.25) is 0 Å². The second kappa shape index (κ2) is 8.81. The first-order valence-corrected chi connectivity index (χ1v) is 11.5. The van der Waals surface area contributed by atoms with Crippen molar-refractivity contribution < 1.29 is 14.3 Å². The maximum absolute atomic E-state index is 14.0. The van der Waals surface area contributed by atoms with Crippen molar-refractivity contribution >= 4 is 16.9 Å². The van der Waals surface area contributed by atoms with Gasteiger partial charge in [0.25, 0.3) is 0 Å². The lowest BCUT2D eigenvalue weighted by atomic mass is 9.96. The summed E-state index contributed by atoms with van der Waals surface area (Å²) in [5, 5.41) is 18.1. The molecule has 2 aromatic heterocycles. The first-order chi connectivity index (χ1) is 16.4. The highest BCUT2D eigenvalue weighted by Crippen LogP contribution is 2.33. The number of halogens is 1. The van der Waals surface area contributed by atoms with Crippen LogP contribution >= 0.6 is 0 Å². The molecule has 0 aliphatic carbocycles. The van der Waals surface area contributed by atoms with Crippen molar-refractivity contribution in [3.8, 4) is 28.4 Å². The van der Waals surface area contributed by atoms with Gasteiger partial charge in [0.15, 0.2) is 17.4 Å². The Morgan fingerprint density at radius 3 is 2.79 bits per heavy atom. The second-order valence-corrected chi connectivity index (χ2v) is 8.74. The lowest BCUT2D eigenvalue weighted by molar-refractivity contribution is 0.170. The number of amides is 2. The van der Waals surface area contributed by atoms with Gasteiger partial charge in [-0.15, -0.1) is 0 Å². The van der Waals surface area contributed by atoms with Gasteiger partial charge in [0.2, 0.25) is 0 Å². The minimum Gasteiger partial charge on any atom is -0.505 e. The molecule has 34 heavy (non-hydrogen) atoms. The highest BCUT2D eigenvalue weighted by atomic mass is 19.1. The van der Waals surface area contributed by atoms with Gasteiger partial charge in [-0.05, 0) is 60.2 Å². The molecular weight excluding hydrogens is 435 g/mol. The quantitative estimate of drug-likeness (QED) is 0.401. The molecular formula is C25H27FN6O2. The molecule has 0 spiro atoms. The highest BCUT2D eigenvalue weighted by Gasteiger charge is 2.22. The summed E-state index contributed by atoms with van der Waals surface area (Å²) in [5.41, 5.74) is 4.73. The number of nitrogens with one attached hydrogen (secondary N) is 2. The number of rotatable bonds is 5. The number of hydrogen-bond acceptors (Lipinski definition) is 4. The van der Waals surface area contributed by atoms with Gasteiger partial charge in [0, 0.05) is 25.5 Å². The van der Waals surface area contributed by atoms with Crippen molar-refractivity contribution in [2.45, 2.75) is 32.7 Å². The van der Waals surface area contributed by atoms with Crippen LogP contribution in [-0.4, -0.2) is 61.2 Å². The van der Waals surface area contributed by atoms with Gasteiger partial charge >= 0.3 is 6.03 Å². The number of aryl methyl sites for hydroxylation is 1. The first kappa shape index (κ1) is 21.9. The van der Waals surface area contributed by atoms with Crippen molar-refractivity contribution in [2.75, 3.05) is 20.1 Å². The van der Waals surface area contributed by atoms with Crippen LogP contribution in [0.4, 0.5) is 9.18 Å². The number of hydrogen-bond donors (Lipinski definition) is 3. The third-order valence-corrected chi connectivity index (χ3v) is 6.39. The summed E-state index contributed by atoms with van der Waals surface area (Å²) in [6.07, 6.45) is 4.51. The molecule has 2 amide bonds. The zero-order chi connectivity index (χ0) is 23.8. The number of carbonyl (C=O) groups excluding carboxylic acids is 1. The number of aromatic nitrogens is 4. The minimum absolute atomic E-state index is 0.0310. The van der Waals surface area contributed by atoms with Gasteiger partial charge in [0.1, 0.15) is 5.69 Å². The molecule has 2 aromatic carbocycles. The minimum atomic E-state index is -0.645. The van der Waals surface area contributed by atoms with Gasteiger partial charge in [0.05, 0.1) is 24.0 Å². The summed E-state index contributed by atoms with van der Waals surface area (Å²) < 4.78 is 14.0. The molecule has 4 aromatic rings. The number of urea groups is 1. The molecule has 0 radical (unpaired) electrons. The van der Waals surface area contributed by atoms with Crippen molar-refractivity contribution in [3.63, 3.8) is 0 Å². The molecule has 0 atom stereocenters. The van der Waals surface area contributed by atoms with Crippen molar-refractivity contribution in [2.24, 2.45) is 0 Å². The summed E-state index contributed by atoms with van der Waals surface area (Å²) in [4.78, 5) is 23.9. The number of H-pyrrole nitrogens is 2. The van der Waals surface area contributed by atoms with Crippen LogP contribution in [0.15, 0.2) is 36.5 Å². The number of phenols is 1. The van der Waals surface area contributed by atoms with Gasteiger partial charge in [-0.2, -0.15) is 5.10 Å². The Bertz CT molecular complexity index is 1350. The molecule has 1 saturated heterocycles. The van der Waals surface area contributed by atoms with Crippen LogP contribution in [0, 0.1) is 5.82 Å². The van der Waals surface area contributed by atoms with Gasteiger partial charge in [-0.1, -0.05) is 13.0 Å². The van der Waals surface area contributed by atoms with E-state index in [2.05, 4.69) is 20.2 Å². The smallest absolute Gasteiger partial charge is 0.320 e. The maximum Gasteiger partial charge on any atom is 0.320 e. The van der Waals surface area contributed by atoms with E-state index in [9.17, 15) is 14.3 Å². The normalized spacial score (nSPS) is 13.7. The zero-order valence-electron chi connectivity index (χ0n) is 19.2. The van der Waals surface area contributed by atoms with Crippen molar-refractivity contribution in [1.29, 1.82) is 0 Å². The zero-order valence-corrected chi connectivity index (χ0v) is 19.2. The number of aromatic hydroxyl groups is 1. The Morgan fingerprint density at radius 2 is 2.03 bits per heavy atom. The molecule has 3 N–H and O–H groups in total. The Kier molecular flexibility index (Phi) is 5.69. The Labute approximate surface area is 196 Å².